The molecule has 0 unspecified atom stereocenters. The normalized spacial score (nSPS) is 14.3. The van der Waals surface area contributed by atoms with E-state index in [1.54, 1.807) is 11.3 Å². The molecule has 3 heterocycles. The van der Waals surface area contributed by atoms with Crippen LogP contribution in [-0.2, 0) is 24.2 Å². The molecule has 3 nitrogen and oxygen atoms in total. The summed E-state index contributed by atoms with van der Waals surface area (Å²) in [4.78, 5) is 20.5. The van der Waals surface area contributed by atoms with Gasteiger partial charge in [0.15, 0.2) is 0 Å². The number of aromatic nitrogens is 1. The van der Waals surface area contributed by atoms with Gasteiger partial charge in [-0.3, -0.25) is 4.79 Å². The average molecular weight is 389 g/mol. The number of carbonyl (C=O) groups excluding carboxylic acids is 1. The van der Waals surface area contributed by atoms with Crippen LogP contribution in [0.2, 0.25) is 0 Å². The summed E-state index contributed by atoms with van der Waals surface area (Å²) in [6.45, 7) is 3.57. The molecule has 118 valence electrons. The standard InChI is InChI=1S/C18H17BrN2OS/c1-11-5-6-12(23-11)9-17(22)21-8-7-16-14(10-21)13-3-2-4-15(19)18(13)20-16/h2-6,20H,7-10H2,1H3. The van der Waals surface area contributed by atoms with Crippen LogP contribution in [0.5, 0.6) is 0 Å². The summed E-state index contributed by atoms with van der Waals surface area (Å²) in [5.41, 5.74) is 3.67. The summed E-state index contributed by atoms with van der Waals surface area (Å²) in [5.74, 6) is 0.224. The molecule has 1 aromatic carbocycles. The van der Waals surface area contributed by atoms with Crippen LogP contribution in [0.4, 0.5) is 0 Å². The summed E-state index contributed by atoms with van der Waals surface area (Å²) in [5, 5.41) is 1.22. The lowest BCUT2D eigenvalue weighted by atomic mass is 10.0. The van der Waals surface area contributed by atoms with Crippen molar-refractivity contribution in [1.82, 2.24) is 9.88 Å². The second-order valence-electron chi connectivity index (χ2n) is 6.00. The minimum absolute atomic E-state index is 0.224. The minimum atomic E-state index is 0.224. The third-order valence-corrected chi connectivity index (χ3v) is 6.10. The van der Waals surface area contributed by atoms with Crippen molar-refractivity contribution in [3.63, 3.8) is 0 Å². The summed E-state index contributed by atoms with van der Waals surface area (Å²) < 4.78 is 1.08. The van der Waals surface area contributed by atoms with Gasteiger partial charge in [0.25, 0.3) is 0 Å². The van der Waals surface area contributed by atoms with Gasteiger partial charge in [-0.05, 0) is 41.1 Å². The minimum Gasteiger partial charge on any atom is -0.357 e. The fourth-order valence-corrected chi connectivity index (χ4v) is 4.60. The fourth-order valence-electron chi connectivity index (χ4n) is 3.26. The highest BCUT2D eigenvalue weighted by atomic mass is 79.9. The van der Waals surface area contributed by atoms with Crippen molar-refractivity contribution in [3.8, 4) is 0 Å². The Morgan fingerprint density at radius 2 is 2.22 bits per heavy atom. The molecule has 1 aliphatic rings. The van der Waals surface area contributed by atoms with E-state index < -0.39 is 0 Å². The van der Waals surface area contributed by atoms with E-state index in [0.717, 1.165) is 27.8 Å². The Bertz CT molecular complexity index is 896. The lowest BCUT2D eigenvalue weighted by Gasteiger charge is -2.27. The van der Waals surface area contributed by atoms with Crippen molar-refractivity contribution < 1.29 is 4.79 Å². The molecular weight excluding hydrogens is 372 g/mol. The van der Waals surface area contributed by atoms with Gasteiger partial charge in [-0.25, -0.2) is 0 Å². The van der Waals surface area contributed by atoms with E-state index in [0.29, 0.717) is 13.0 Å². The lowest BCUT2D eigenvalue weighted by Crippen LogP contribution is -2.36. The van der Waals surface area contributed by atoms with Gasteiger partial charge in [-0.15, -0.1) is 11.3 Å². The van der Waals surface area contributed by atoms with E-state index in [-0.39, 0.29) is 5.91 Å². The number of thiophene rings is 1. The zero-order valence-corrected chi connectivity index (χ0v) is 15.3. The number of amides is 1. The van der Waals surface area contributed by atoms with Gasteiger partial charge in [0.2, 0.25) is 5.91 Å². The maximum atomic E-state index is 12.6. The van der Waals surface area contributed by atoms with Crippen LogP contribution in [0.3, 0.4) is 0 Å². The smallest absolute Gasteiger partial charge is 0.228 e. The molecule has 23 heavy (non-hydrogen) atoms. The number of carbonyl (C=O) groups is 1. The highest BCUT2D eigenvalue weighted by Crippen LogP contribution is 2.32. The number of halogens is 1. The molecule has 0 spiro atoms. The largest absolute Gasteiger partial charge is 0.357 e. The molecule has 5 heteroatoms. The van der Waals surface area contributed by atoms with Gasteiger partial charge in [-0.1, -0.05) is 12.1 Å². The monoisotopic (exact) mass is 388 g/mol. The predicted molar refractivity (Wildman–Crippen MR) is 97.9 cm³/mol. The van der Waals surface area contributed by atoms with Crippen LogP contribution in [0, 0.1) is 6.92 Å². The SMILES string of the molecule is Cc1ccc(CC(=O)N2CCc3[nH]c4c(Br)cccc4c3C2)s1. The van der Waals surface area contributed by atoms with E-state index in [1.165, 1.54) is 21.5 Å². The maximum absolute atomic E-state index is 12.6. The summed E-state index contributed by atoms with van der Waals surface area (Å²) >= 11 is 5.32. The van der Waals surface area contributed by atoms with Gasteiger partial charge in [-0.2, -0.15) is 0 Å². The lowest BCUT2D eigenvalue weighted by molar-refractivity contribution is -0.131. The molecule has 0 atom stereocenters. The number of para-hydroxylation sites is 1. The van der Waals surface area contributed by atoms with Crippen LogP contribution in [0.25, 0.3) is 10.9 Å². The number of aromatic amines is 1. The zero-order valence-electron chi connectivity index (χ0n) is 12.9. The quantitative estimate of drug-likeness (QED) is 0.692. The number of rotatable bonds is 2. The van der Waals surface area contributed by atoms with Crippen molar-refractivity contribution in [1.29, 1.82) is 0 Å². The fraction of sp³-hybridized carbons (Fsp3) is 0.278. The molecule has 2 aromatic heterocycles. The first-order valence-corrected chi connectivity index (χ1v) is 9.34. The predicted octanol–water partition coefficient (Wildman–Crippen LogP) is 4.43. The van der Waals surface area contributed by atoms with Gasteiger partial charge in [0, 0.05) is 50.4 Å². The van der Waals surface area contributed by atoms with Gasteiger partial charge in [0.05, 0.1) is 11.9 Å². The number of H-pyrrole nitrogens is 1. The average Bonchev–Trinajstić information content (AvgIpc) is 3.11. The van der Waals surface area contributed by atoms with Crippen LogP contribution < -0.4 is 0 Å². The number of hydrogen-bond donors (Lipinski definition) is 1. The van der Waals surface area contributed by atoms with Crippen LogP contribution >= 0.6 is 27.3 Å². The summed E-state index contributed by atoms with van der Waals surface area (Å²) in [6.07, 6.45) is 1.41. The molecule has 1 amide bonds. The molecular formula is C18H17BrN2OS. The molecule has 0 saturated heterocycles. The van der Waals surface area contributed by atoms with Crippen molar-refractivity contribution in [2.45, 2.75) is 26.3 Å². The Morgan fingerprint density at radius 3 is 3.00 bits per heavy atom. The van der Waals surface area contributed by atoms with Crippen molar-refractivity contribution in [3.05, 3.63) is 55.8 Å². The number of hydrogen-bond acceptors (Lipinski definition) is 2. The third-order valence-electron chi connectivity index (χ3n) is 4.43. The Kier molecular flexibility index (Phi) is 3.77. The number of fused-ring (bicyclic) bond motifs is 3. The second-order valence-corrected chi connectivity index (χ2v) is 8.23. The maximum Gasteiger partial charge on any atom is 0.228 e. The Hall–Kier alpha value is -1.59. The van der Waals surface area contributed by atoms with E-state index in [4.69, 9.17) is 0 Å². The first-order valence-electron chi connectivity index (χ1n) is 7.73. The highest BCUT2D eigenvalue weighted by molar-refractivity contribution is 9.10. The first-order chi connectivity index (χ1) is 11.1. The second kappa shape index (κ2) is 5.80. The van der Waals surface area contributed by atoms with Crippen LogP contribution in [0.15, 0.2) is 34.8 Å². The Balaban J connectivity index is 1.59. The summed E-state index contributed by atoms with van der Waals surface area (Å²) in [6, 6.07) is 10.4. The Labute approximate surface area is 147 Å². The van der Waals surface area contributed by atoms with Crippen LogP contribution in [0.1, 0.15) is 21.0 Å². The molecule has 3 aromatic rings. The van der Waals surface area contributed by atoms with Gasteiger partial charge in [0.1, 0.15) is 0 Å². The van der Waals surface area contributed by atoms with Crippen molar-refractivity contribution >= 4 is 44.1 Å². The number of nitrogens with one attached hydrogen (secondary N) is 1. The molecule has 0 saturated carbocycles. The number of benzene rings is 1. The topological polar surface area (TPSA) is 36.1 Å². The molecule has 0 radical (unpaired) electrons. The van der Waals surface area contributed by atoms with Gasteiger partial charge < -0.3 is 9.88 Å². The molecule has 1 N–H and O–H groups in total. The van der Waals surface area contributed by atoms with Gasteiger partial charge >= 0.3 is 0 Å². The zero-order chi connectivity index (χ0) is 16.0. The van der Waals surface area contributed by atoms with Crippen LogP contribution in [-0.4, -0.2) is 22.3 Å². The molecule has 0 fully saturated rings. The number of nitrogens with zero attached hydrogens (tertiary/aromatic N) is 1. The Morgan fingerprint density at radius 1 is 1.35 bits per heavy atom. The van der Waals surface area contributed by atoms with Crippen molar-refractivity contribution in [2.75, 3.05) is 6.54 Å². The highest BCUT2D eigenvalue weighted by Gasteiger charge is 2.24. The first kappa shape index (κ1) is 15.0. The molecule has 0 bridgehead atoms. The van der Waals surface area contributed by atoms with E-state index in [9.17, 15) is 4.79 Å². The van der Waals surface area contributed by atoms with E-state index in [2.05, 4.69) is 52.1 Å². The van der Waals surface area contributed by atoms with Crippen molar-refractivity contribution in [2.24, 2.45) is 0 Å². The van der Waals surface area contributed by atoms with E-state index >= 15 is 0 Å². The third kappa shape index (κ3) is 2.72. The van der Waals surface area contributed by atoms with E-state index in [1.807, 2.05) is 11.0 Å². The number of aryl methyl sites for hydroxylation is 1. The molecule has 4 rings (SSSR count). The molecule has 0 aliphatic carbocycles. The summed E-state index contributed by atoms with van der Waals surface area (Å²) in [7, 11) is 0. The molecule has 1 aliphatic heterocycles.